The Morgan fingerprint density at radius 2 is 1.20 bits per heavy atom. The average molecular weight is 595 g/mol. The number of fused-ring (bicyclic) bond motifs is 7. The number of aromatic nitrogens is 1. The molecule has 0 aliphatic heterocycles. The van der Waals surface area contributed by atoms with Gasteiger partial charge in [-0.15, -0.1) is 11.3 Å². The summed E-state index contributed by atoms with van der Waals surface area (Å²) < 4.78 is 1.27. The lowest BCUT2D eigenvalue weighted by Gasteiger charge is -2.26. The first kappa shape index (κ1) is 26.2. The van der Waals surface area contributed by atoms with E-state index in [1.54, 1.807) is 11.3 Å². The van der Waals surface area contributed by atoms with E-state index >= 15 is 0 Å². The van der Waals surface area contributed by atoms with Gasteiger partial charge in [0, 0.05) is 32.3 Å². The summed E-state index contributed by atoms with van der Waals surface area (Å²) in [4.78, 5) is 8.71. The summed E-state index contributed by atoms with van der Waals surface area (Å²) in [5.41, 5.74) is 9.93. The van der Waals surface area contributed by atoms with E-state index in [0.717, 1.165) is 22.0 Å². The number of nitrogens with zero attached hydrogens (tertiary/aromatic N) is 2. The lowest BCUT2D eigenvalue weighted by Crippen LogP contribution is -2.15. The molecule has 0 N–H and O–H groups in total. The van der Waals surface area contributed by atoms with Gasteiger partial charge in [0.05, 0.1) is 0 Å². The molecule has 9 rings (SSSR count). The van der Waals surface area contributed by atoms with Gasteiger partial charge in [0.25, 0.3) is 0 Å². The molecule has 0 radical (unpaired) electrons. The van der Waals surface area contributed by atoms with E-state index in [0.29, 0.717) is 0 Å². The van der Waals surface area contributed by atoms with Gasteiger partial charge in [0.15, 0.2) is 0 Å². The zero-order chi connectivity index (χ0) is 30.1. The monoisotopic (exact) mass is 594 g/mol. The number of rotatable bonds is 4. The van der Waals surface area contributed by atoms with Crippen LogP contribution in [0.2, 0.25) is 0 Å². The van der Waals surface area contributed by atoms with Crippen LogP contribution in [-0.2, 0) is 5.41 Å². The van der Waals surface area contributed by atoms with Crippen LogP contribution in [-0.4, -0.2) is 4.98 Å². The van der Waals surface area contributed by atoms with Gasteiger partial charge in [-0.1, -0.05) is 111 Å². The second-order valence-corrected chi connectivity index (χ2v) is 13.5. The highest BCUT2D eigenvalue weighted by Crippen LogP contribution is 2.50. The van der Waals surface area contributed by atoms with Crippen LogP contribution in [0.4, 0.5) is 17.2 Å². The minimum absolute atomic E-state index is 0.0373. The molecule has 2 heterocycles. The van der Waals surface area contributed by atoms with Crippen molar-refractivity contribution in [3.05, 3.63) is 157 Å². The van der Waals surface area contributed by atoms with Crippen LogP contribution in [0.15, 0.2) is 146 Å². The molecule has 6 aromatic carbocycles. The Morgan fingerprint density at radius 1 is 0.533 bits per heavy atom. The Kier molecular flexibility index (Phi) is 5.75. The van der Waals surface area contributed by atoms with Crippen molar-refractivity contribution in [2.75, 3.05) is 4.90 Å². The van der Waals surface area contributed by atoms with Crippen molar-refractivity contribution in [2.45, 2.75) is 19.3 Å². The van der Waals surface area contributed by atoms with Crippen molar-refractivity contribution < 1.29 is 0 Å². The Balaban J connectivity index is 1.23. The highest BCUT2D eigenvalue weighted by Gasteiger charge is 2.35. The summed E-state index contributed by atoms with van der Waals surface area (Å²) in [5, 5.41) is 4.99. The van der Waals surface area contributed by atoms with Crippen molar-refractivity contribution in [2.24, 2.45) is 0 Å². The number of hydrogen-bond donors (Lipinski definition) is 0. The van der Waals surface area contributed by atoms with Crippen LogP contribution < -0.4 is 4.90 Å². The maximum absolute atomic E-state index is 5.35. The number of anilines is 3. The van der Waals surface area contributed by atoms with Crippen molar-refractivity contribution >= 4 is 59.6 Å². The number of pyridine rings is 1. The molecule has 0 amide bonds. The van der Waals surface area contributed by atoms with Crippen LogP contribution in [0.25, 0.3) is 53.3 Å². The minimum Gasteiger partial charge on any atom is -0.295 e. The average Bonchev–Trinajstić information content (AvgIpc) is 3.55. The second kappa shape index (κ2) is 9.88. The molecule has 2 aromatic heterocycles. The first-order chi connectivity index (χ1) is 22.0. The highest BCUT2D eigenvalue weighted by atomic mass is 32.1. The lowest BCUT2D eigenvalue weighted by atomic mass is 9.82. The predicted octanol–water partition coefficient (Wildman–Crippen LogP) is 12.0. The minimum atomic E-state index is -0.0373. The third-order valence-electron chi connectivity index (χ3n) is 9.48. The molecule has 0 bridgehead atoms. The summed E-state index contributed by atoms with van der Waals surface area (Å²) in [6, 6.07) is 52.8. The first-order valence-corrected chi connectivity index (χ1v) is 16.3. The van der Waals surface area contributed by atoms with Gasteiger partial charge < -0.3 is 0 Å². The molecular weight excluding hydrogens is 565 g/mol. The van der Waals surface area contributed by atoms with Gasteiger partial charge in [-0.2, -0.15) is 0 Å². The third-order valence-corrected chi connectivity index (χ3v) is 10.5. The van der Waals surface area contributed by atoms with Crippen molar-refractivity contribution in [3.8, 4) is 22.3 Å². The summed E-state index contributed by atoms with van der Waals surface area (Å²) in [6.07, 6.45) is 0. The topological polar surface area (TPSA) is 16.1 Å². The molecule has 0 atom stereocenters. The number of hydrogen-bond acceptors (Lipinski definition) is 3. The van der Waals surface area contributed by atoms with E-state index in [1.165, 1.54) is 59.6 Å². The molecule has 3 heteroatoms. The molecule has 8 aromatic rings. The van der Waals surface area contributed by atoms with Crippen LogP contribution >= 0.6 is 11.3 Å². The Labute approximate surface area is 266 Å². The molecule has 0 spiro atoms. The van der Waals surface area contributed by atoms with E-state index in [9.17, 15) is 0 Å². The van der Waals surface area contributed by atoms with E-state index in [2.05, 4.69) is 164 Å². The second-order valence-electron chi connectivity index (χ2n) is 12.5. The van der Waals surface area contributed by atoms with Crippen molar-refractivity contribution in [3.63, 3.8) is 0 Å². The van der Waals surface area contributed by atoms with Crippen LogP contribution in [0, 0.1) is 0 Å². The zero-order valence-electron chi connectivity index (χ0n) is 25.2. The molecular formula is C42H30N2S. The largest absolute Gasteiger partial charge is 0.295 e. The quantitative estimate of drug-likeness (QED) is 0.201. The van der Waals surface area contributed by atoms with E-state index in [4.69, 9.17) is 4.98 Å². The molecule has 45 heavy (non-hydrogen) atoms. The first-order valence-electron chi connectivity index (χ1n) is 15.5. The Bertz CT molecular complexity index is 2400. The van der Waals surface area contributed by atoms with Crippen LogP contribution in [0.1, 0.15) is 25.0 Å². The molecule has 0 saturated heterocycles. The van der Waals surface area contributed by atoms with Gasteiger partial charge >= 0.3 is 0 Å². The summed E-state index contributed by atoms with van der Waals surface area (Å²) >= 11 is 1.77. The molecule has 0 fully saturated rings. The fraction of sp³-hybridized carbons (Fsp3) is 0.0714. The van der Waals surface area contributed by atoms with Crippen molar-refractivity contribution in [1.82, 2.24) is 4.98 Å². The smallest absolute Gasteiger partial charge is 0.139 e. The molecule has 214 valence electrons. The maximum Gasteiger partial charge on any atom is 0.139 e. The predicted molar refractivity (Wildman–Crippen MR) is 192 cm³/mol. The van der Waals surface area contributed by atoms with E-state index in [-0.39, 0.29) is 5.41 Å². The normalized spacial score (nSPS) is 13.3. The summed E-state index contributed by atoms with van der Waals surface area (Å²) in [7, 11) is 0. The molecule has 1 aliphatic carbocycles. The van der Waals surface area contributed by atoms with Gasteiger partial charge in [-0.3, -0.25) is 4.90 Å². The zero-order valence-corrected chi connectivity index (χ0v) is 26.0. The fourth-order valence-electron chi connectivity index (χ4n) is 7.15. The van der Waals surface area contributed by atoms with Gasteiger partial charge in [-0.05, 0) is 92.7 Å². The van der Waals surface area contributed by atoms with Gasteiger partial charge in [0.1, 0.15) is 10.6 Å². The standard InChI is InChI=1S/C42H30N2S/c1-42(2)37-15-9-8-14-33(37)35-26-32(20-22-38(35)42)44(31-18-16-28(17-19-31)27-10-4-3-5-11-27)40-23-21-34-36-24-29-12-6-7-13-30(29)25-39(36)45-41(34)43-40/h3-26H,1-2H3. The fourth-order valence-corrected chi connectivity index (χ4v) is 8.25. The number of thiophene rings is 1. The maximum atomic E-state index is 5.35. The van der Waals surface area contributed by atoms with E-state index < -0.39 is 0 Å². The molecule has 0 unspecified atom stereocenters. The van der Waals surface area contributed by atoms with E-state index in [1.807, 2.05) is 0 Å². The van der Waals surface area contributed by atoms with Crippen molar-refractivity contribution in [1.29, 1.82) is 0 Å². The Morgan fingerprint density at radius 3 is 2.02 bits per heavy atom. The van der Waals surface area contributed by atoms with Gasteiger partial charge in [0.2, 0.25) is 0 Å². The van der Waals surface area contributed by atoms with Crippen LogP contribution in [0.5, 0.6) is 0 Å². The summed E-state index contributed by atoms with van der Waals surface area (Å²) in [5.74, 6) is 0.913. The SMILES string of the molecule is CC1(C)c2ccccc2-c2cc(N(c3ccc(-c4ccccc4)cc3)c3ccc4c(n3)sc3cc5ccccc5cc34)ccc21. The molecule has 1 aliphatic rings. The highest BCUT2D eigenvalue weighted by molar-refractivity contribution is 7.25. The molecule has 2 nitrogen and oxygen atoms in total. The summed E-state index contributed by atoms with van der Waals surface area (Å²) in [6.45, 7) is 4.66. The third kappa shape index (κ3) is 4.12. The number of benzene rings is 6. The lowest BCUT2D eigenvalue weighted by molar-refractivity contribution is 0.660. The van der Waals surface area contributed by atoms with Gasteiger partial charge in [-0.25, -0.2) is 4.98 Å². The molecule has 0 saturated carbocycles. The Hall–Kier alpha value is -5.25. The van der Waals surface area contributed by atoms with Crippen LogP contribution in [0.3, 0.4) is 0 Å².